The van der Waals surface area contributed by atoms with Gasteiger partial charge in [0.25, 0.3) is 0 Å². The Kier molecular flexibility index (Phi) is 5.57. The van der Waals surface area contributed by atoms with Crippen LogP contribution in [0.15, 0.2) is 55.1 Å². The van der Waals surface area contributed by atoms with Crippen LogP contribution < -0.4 is 0 Å². The predicted octanol–water partition coefficient (Wildman–Crippen LogP) is 5.36. The molecule has 0 saturated heterocycles. The summed E-state index contributed by atoms with van der Waals surface area (Å²) in [4.78, 5) is 16.6. The number of carbonyl (C=O) groups excluding carboxylic acids is 1. The second-order valence-corrected chi connectivity index (χ2v) is 6.93. The van der Waals surface area contributed by atoms with Gasteiger partial charge in [-0.1, -0.05) is 35.3 Å². The Morgan fingerprint density at radius 1 is 1.12 bits per heavy atom. The maximum Gasteiger partial charge on any atom is 0.163 e. The average molecular weight is 373 g/mol. The van der Waals surface area contributed by atoms with Crippen molar-refractivity contribution in [2.75, 3.05) is 0 Å². The topological polar surface area (TPSA) is 34.9 Å². The van der Waals surface area contributed by atoms with Gasteiger partial charge in [-0.25, -0.2) is 4.98 Å². The number of benzene rings is 2. The molecular weight excluding hydrogens is 355 g/mol. The molecule has 0 saturated carbocycles. The van der Waals surface area contributed by atoms with Crippen molar-refractivity contribution in [1.29, 1.82) is 0 Å². The molecule has 0 aliphatic rings. The van der Waals surface area contributed by atoms with Gasteiger partial charge in [0.2, 0.25) is 0 Å². The summed E-state index contributed by atoms with van der Waals surface area (Å²) in [6, 6.07) is 11.4. The standard InChI is InChI=1S/C20H18Cl2N2O/c1-14-2-3-15(10-19(14)22)4-5-20(25)17-8-16(9-18(21)11-17)12-24-7-6-23-13-24/h2-3,6-11,13H,4-5,12H2,1H3. The van der Waals surface area contributed by atoms with Gasteiger partial charge in [0.15, 0.2) is 5.78 Å². The minimum absolute atomic E-state index is 0.0751. The fourth-order valence-corrected chi connectivity index (χ4v) is 3.15. The van der Waals surface area contributed by atoms with E-state index in [2.05, 4.69) is 4.98 Å². The molecule has 3 aromatic rings. The number of rotatable bonds is 6. The zero-order valence-corrected chi connectivity index (χ0v) is 15.4. The quantitative estimate of drug-likeness (QED) is 0.545. The number of nitrogens with zero attached hydrogens (tertiary/aromatic N) is 2. The second kappa shape index (κ2) is 7.85. The number of hydrogen-bond acceptors (Lipinski definition) is 2. The summed E-state index contributed by atoms with van der Waals surface area (Å²) >= 11 is 12.3. The molecule has 1 aromatic heterocycles. The maximum atomic E-state index is 12.6. The molecule has 0 aliphatic carbocycles. The van der Waals surface area contributed by atoms with Crippen LogP contribution in [0.5, 0.6) is 0 Å². The van der Waals surface area contributed by atoms with E-state index in [0.29, 0.717) is 30.0 Å². The first-order valence-electron chi connectivity index (χ1n) is 8.05. The summed E-state index contributed by atoms with van der Waals surface area (Å²) in [7, 11) is 0. The Hall–Kier alpha value is -2.10. The lowest BCUT2D eigenvalue weighted by molar-refractivity contribution is 0.0982. The third-order valence-electron chi connectivity index (χ3n) is 4.08. The van der Waals surface area contributed by atoms with Gasteiger partial charge in [-0.05, 0) is 54.3 Å². The van der Waals surface area contributed by atoms with Crippen molar-refractivity contribution in [3.63, 3.8) is 0 Å². The zero-order valence-electron chi connectivity index (χ0n) is 13.9. The summed E-state index contributed by atoms with van der Waals surface area (Å²) < 4.78 is 1.94. The van der Waals surface area contributed by atoms with Gasteiger partial charge in [-0.3, -0.25) is 4.79 Å². The van der Waals surface area contributed by atoms with Gasteiger partial charge in [0.05, 0.1) is 6.33 Å². The summed E-state index contributed by atoms with van der Waals surface area (Å²) in [6.45, 7) is 2.60. The van der Waals surface area contributed by atoms with E-state index in [-0.39, 0.29) is 5.78 Å². The van der Waals surface area contributed by atoms with Crippen molar-refractivity contribution in [2.45, 2.75) is 26.3 Å². The van der Waals surface area contributed by atoms with Gasteiger partial charge in [0, 0.05) is 41.0 Å². The van der Waals surface area contributed by atoms with Crippen molar-refractivity contribution in [3.05, 3.63) is 87.4 Å². The lowest BCUT2D eigenvalue weighted by atomic mass is 10.0. The van der Waals surface area contributed by atoms with Crippen LogP contribution in [0.4, 0.5) is 0 Å². The summed E-state index contributed by atoms with van der Waals surface area (Å²) in [6.07, 6.45) is 6.42. The molecule has 0 amide bonds. The minimum atomic E-state index is 0.0751. The van der Waals surface area contributed by atoms with E-state index in [9.17, 15) is 4.79 Å². The number of carbonyl (C=O) groups is 1. The van der Waals surface area contributed by atoms with Gasteiger partial charge < -0.3 is 4.57 Å². The molecule has 0 atom stereocenters. The second-order valence-electron chi connectivity index (χ2n) is 6.09. The molecule has 3 nitrogen and oxygen atoms in total. The third kappa shape index (κ3) is 4.71. The molecule has 25 heavy (non-hydrogen) atoms. The van der Waals surface area contributed by atoms with Crippen molar-refractivity contribution in [2.24, 2.45) is 0 Å². The molecule has 3 rings (SSSR count). The van der Waals surface area contributed by atoms with Gasteiger partial charge in [0.1, 0.15) is 0 Å². The average Bonchev–Trinajstić information content (AvgIpc) is 3.08. The lowest BCUT2D eigenvalue weighted by Gasteiger charge is -2.08. The number of aryl methyl sites for hydroxylation is 2. The Bertz CT molecular complexity index is 889. The highest BCUT2D eigenvalue weighted by Gasteiger charge is 2.10. The largest absolute Gasteiger partial charge is 0.333 e. The first-order valence-corrected chi connectivity index (χ1v) is 8.80. The number of imidazole rings is 1. The summed E-state index contributed by atoms with van der Waals surface area (Å²) in [5.74, 6) is 0.0751. The summed E-state index contributed by atoms with van der Waals surface area (Å²) in [5.41, 5.74) is 3.72. The van der Waals surface area contributed by atoms with Crippen molar-refractivity contribution in [1.82, 2.24) is 9.55 Å². The molecular formula is C20H18Cl2N2O. The van der Waals surface area contributed by atoms with E-state index in [0.717, 1.165) is 21.7 Å². The number of aromatic nitrogens is 2. The molecule has 5 heteroatoms. The molecule has 0 fully saturated rings. The highest BCUT2D eigenvalue weighted by atomic mass is 35.5. The number of halogens is 2. The molecule has 128 valence electrons. The SMILES string of the molecule is Cc1ccc(CCC(=O)c2cc(Cl)cc(Cn3ccnc3)c2)cc1Cl. The molecule has 1 heterocycles. The smallest absolute Gasteiger partial charge is 0.163 e. The molecule has 0 radical (unpaired) electrons. The van der Waals surface area contributed by atoms with Crippen molar-refractivity contribution < 1.29 is 4.79 Å². The van der Waals surface area contributed by atoms with Gasteiger partial charge in [-0.2, -0.15) is 0 Å². The van der Waals surface area contributed by atoms with Crippen LogP contribution in [-0.2, 0) is 13.0 Å². The van der Waals surface area contributed by atoms with E-state index >= 15 is 0 Å². The van der Waals surface area contributed by atoms with Crippen molar-refractivity contribution >= 4 is 29.0 Å². The van der Waals surface area contributed by atoms with Crippen LogP contribution in [0.25, 0.3) is 0 Å². The predicted molar refractivity (Wildman–Crippen MR) is 102 cm³/mol. The highest BCUT2D eigenvalue weighted by Crippen LogP contribution is 2.20. The normalized spacial score (nSPS) is 10.8. The third-order valence-corrected chi connectivity index (χ3v) is 4.71. The van der Waals surface area contributed by atoms with E-state index in [4.69, 9.17) is 23.2 Å². The van der Waals surface area contributed by atoms with Crippen LogP contribution in [0, 0.1) is 6.92 Å². The van der Waals surface area contributed by atoms with E-state index in [1.165, 1.54) is 0 Å². The first-order chi connectivity index (χ1) is 12.0. The van der Waals surface area contributed by atoms with Gasteiger partial charge >= 0.3 is 0 Å². The van der Waals surface area contributed by atoms with Crippen LogP contribution in [0.3, 0.4) is 0 Å². The van der Waals surface area contributed by atoms with E-state index in [1.807, 2.05) is 48.0 Å². The highest BCUT2D eigenvalue weighted by molar-refractivity contribution is 6.31. The monoisotopic (exact) mass is 372 g/mol. The molecule has 0 aliphatic heterocycles. The van der Waals surface area contributed by atoms with Crippen LogP contribution in [0.2, 0.25) is 10.0 Å². The Labute approximate surface area is 157 Å². The molecule has 2 aromatic carbocycles. The van der Waals surface area contributed by atoms with Crippen LogP contribution in [0.1, 0.15) is 33.5 Å². The first kappa shape index (κ1) is 17.7. The van der Waals surface area contributed by atoms with Gasteiger partial charge in [-0.15, -0.1) is 0 Å². The fourth-order valence-electron chi connectivity index (χ4n) is 2.69. The Balaban J connectivity index is 1.70. The Morgan fingerprint density at radius 3 is 2.68 bits per heavy atom. The van der Waals surface area contributed by atoms with E-state index in [1.54, 1.807) is 18.6 Å². The molecule has 0 spiro atoms. The number of hydrogen-bond donors (Lipinski definition) is 0. The van der Waals surface area contributed by atoms with Crippen LogP contribution in [-0.4, -0.2) is 15.3 Å². The summed E-state index contributed by atoms with van der Waals surface area (Å²) in [5, 5.41) is 1.30. The van der Waals surface area contributed by atoms with E-state index < -0.39 is 0 Å². The minimum Gasteiger partial charge on any atom is -0.333 e. The number of Topliss-reactive ketones (excluding diaryl/α,β-unsaturated/α-hetero) is 1. The molecule has 0 bridgehead atoms. The molecule has 0 N–H and O–H groups in total. The number of ketones is 1. The lowest BCUT2D eigenvalue weighted by Crippen LogP contribution is -2.04. The Morgan fingerprint density at radius 2 is 1.96 bits per heavy atom. The molecule has 0 unspecified atom stereocenters. The van der Waals surface area contributed by atoms with Crippen molar-refractivity contribution in [3.8, 4) is 0 Å². The zero-order chi connectivity index (χ0) is 17.8. The maximum absolute atomic E-state index is 12.6. The fraction of sp³-hybridized carbons (Fsp3) is 0.200. The van der Waals surface area contributed by atoms with Crippen LogP contribution >= 0.6 is 23.2 Å².